The van der Waals surface area contributed by atoms with E-state index in [-0.39, 0.29) is 31.4 Å². The molecule has 1 saturated carbocycles. The van der Waals surface area contributed by atoms with Gasteiger partial charge in [0.1, 0.15) is 4.90 Å². The number of carbonyl (C=O) groups is 1. The van der Waals surface area contributed by atoms with Gasteiger partial charge < -0.3 is 4.90 Å². The van der Waals surface area contributed by atoms with Crippen LogP contribution >= 0.6 is 31.9 Å². The van der Waals surface area contributed by atoms with Gasteiger partial charge in [0.05, 0.1) is 5.56 Å². The van der Waals surface area contributed by atoms with Crippen LogP contribution in [0.2, 0.25) is 0 Å². The minimum absolute atomic E-state index is 0.0127. The Hall–Kier alpha value is -1.59. The van der Waals surface area contributed by atoms with Crippen LogP contribution in [0.4, 0.5) is 24.5 Å². The van der Waals surface area contributed by atoms with Crippen LogP contribution in [-0.2, 0) is 27.4 Å². The average molecular weight is 568 g/mol. The van der Waals surface area contributed by atoms with Crippen molar-refractivity contribution in [1.29, 1.82) is 0 Å². The summed E-state index contributed by atoms with van der Waals surface area (Å²) in [6, 6.07) is 6.15. The Morgan fingerprint density at radius 1 is 1.10 bits per heavy atom. The number of nitrogens with one attached hydrogen (secondary N) is 1. The van der Waals surface area contributed by atoms with E-state index in [1.807, 2.05) is 0 Å². The molecule has 0 spiro atoms. The molecule has 1 N–H and O–H groups in total. The second-order valence-electron chi connectivity index (χ2n) is 7.22. The summed E-state index contributed by atoms with van der Waals surface area (Å²) in [7, 11) is -4.21. The number of hydrogen-bond donors (Lipinski definition) is 1. The third kappa shape index (κ3) is 4.11. The van der Waals surface area contributed by atoms with Gasteiger partial charge in [-0.1, -0.05) is 15.9 Å². The highest BCUT2D eigenvalue weighted by molar-refractivity contribution is 9.10. The summed E-state index contributed by atoms with van der Waals surface area (Å²) >= 11 is 6.08. The van der Waals surface area contributed by atoms with Crippen LogP contribution in [-0.4, -0.2) is 20.9 Å². The lowest BCUT2D eigenvalue weighted by Gasteiger charge is -2.19. The number of anilines is 2. The summed E-state index contributed by atoms with van der Waals surface area (Å²) in [5, 5.41) is 0. The van der Waals surface area contributed by atoms with Crippen LogP contribution in [0.15, 0.2) is 44.2 Å². The number of fused-ring (bicyclic) bond motifs is 1. The van der Waals surface area contributed by atoms with Gasteiger partial charge in [0.2, 0.25) is 5.91 Å². The Morgan fingerprint density at radius 3 is 2.43 bits per heavy atom. The molecule has 5 nitrogen and oxygen atoms in total. The molecule has 0 atom stereocenters. The molecule has 0 radical (unpaired) electrons. The first kappa shape index (κ1) is 21.6. The van der Waals surface area contributed by atoms with Crippen molar-refractivity contribution in [2.24, 2.45) is 5.92 Å². The normalized spacial score (nSPS) is 16.5. The van der Waals surface area contributed by atoms with Gasteiger partial charge in [-0.15, -0.1) is 0 Å². The lowest BCUT2D eigenvalue weighted by atomic mass is 10.2. The molecule has 1 fully saturated rings. The van der Waals surface area contributed by atoms with Crippen molar-refractivity contribution in [3.8, 4) is 0 Å². The van der Waals surface area contributed by atoms with E-state index in [1.54, 1.807) is 11.0 Å². The van der Waals surface area contributed by atoms with Gasteiger partial charge in [0.25, 0.3) is 10.0 Å². The molecule has 0 aromatic heterocycles. The highest BCUT2D eigenvalue weighted by Crippen LogP contribution is 2.40. The maximum Gasteiger partial charge on any atom is 0.417 e. The molecule has 11 heteroatoms. The molecule has 30 heavy (non-hydrogen) atoms. The quantitative estimate of drug-likeness (QED) is 0.543. The van der Waals surface area contributed by atoms with E-state index >= 15 is 0 Å². The number of alkyl halides is 3. The number of benzene rings is 2. The number of rotatable bonds is 4. The van der Waals surface area contributed by atoms with Gasteiger partial charge in [-0.25, -0.2) is 8.42 Å². The third-order valence-corrected chi connectivity index (χ3v) is 8.07. The van der Waals surface area contributed by atoms with Crippen molar-refractivity contribution in [2.75, 3.05) is 16.2 Å². The van der Waals surface area contributed by atoms with Gasteiger partial charge in [-0.05, 0) is 71.1 Å². The first-order chi connectivity index (χ1) is 14.0. The van der Waals surface area contributed by atoms with Crippen LogP contribution in [0.25, 0.3) is 0 Å². The summed E-state index contributed by atoms with van der Waals surface area (Å²) in [4.78, 5) is 14.0. The topological polar surface area (TPSA) is 66.5 Å². The summed E-state index contributed by atoms with van der Waals surface area (Å²) in [5.74, 6) is -0.0311. The number of hydrogen-bond acceptors (Lipinski definition) is 3. The van der Waals surface area contributed by atoms with Crippen LogP contribution in [0, 0.1) is 5.92 Å². The van der Waals surface area contributed by atoms with E-state index in [2.05, 4.69) is 36.6 Å². The molecule has 2 aliphatic rings. The first-order valence-corrected chi connectivity index (χ1v) is 12.1. The molecule has 1 heterocycles. The predicted molar refractivity (Wildman–Crippen MR) is 113 cm³/mol. The van der Waals surface area contributed by atoms with E-state index in [0.29, 0.717) is 18.7 Å². The largest absolute Gasteiger partial charge is 0.417 e. The molecular weight excluding hydrogens is 553 g/mol. The SMILES string of the molecule is O=C(C1CC1)N1CCc2cc(Br)c(S(=O)(=O)Nc3ccc(Br)c(C(F)(F)F)c3)cc21. The van der Waals surface area contributed by atoms with Crippen LogP contribution < -0.4 is 9.62 Å². The Labute approximate surface area is 187 Å². The van der Waals surface area contributed by atoms with Gasteiger partial charge in [0.15, 0.2) is 0 Å². The number of carbonyl (C=O) groups excluding carboxylic acids is 1. The van der Waals surface area contributed by atoms with Crippen LogP contribution in [0.1, 0.15) is 24.0 Å². The molecule has 1 amide bonds. The Kier molecular flexibility index (Phi) is 5.43. The van der Waals surface area contributed by atoms with Crippen molar-refractivity contribution >= 4 is 59.2 Å². The maximum atomic E-state index is 13.1. The zero-order chi connectivity index (χ0) is 21.8. The van der Waals surface area contributed by atoms with Crippen molar-refractivity contribution in [2.45, 2.75) is 30.3 Å². The van der Waals surface area contributed by atoms with Gasteiger partial charge >= 0.3 is 6.18 Å². The summed E-state index contributed by atoms with van der Waals surface area (Å²) < 4.78 is 67.6. The predicted octanol–water partition coefficient (Wildman–Crippen LogP) is 5.33. The fourth-order valence-corrected chi connectivity index (χ4v) is 6.02. The molecule has 0 bridgehead atoms. The molecule has 0 saturated heterocycles. The van der Waals surface area contributed by atoms with Crippen LogP contribution in [0.5, 0.6) is 0 Å². The second kappa shape index (κ2) is 7.52. The van der Waals surface area contributed by atoms with Crippen molar-refractivity contribution in [3.63, 3.8) is 0 Å². The Bertz CT molecular complexity index is 1150. The minimum atomic E-state index is -4.64. The summed E-state index contributed by atoms with van der Waals surface area (Å²) in [5.41, 5.74) is 0.167. The minimum Gasteiger partial charge on any atom is -0.312 e. The molecule has 1 aliphatic heterocycles. The van der Waals surface area contributed by atoms with E-state index in [0.717, 1.165) is 30.5 Å². The lowest BCUT2D eigenvalue weighted by Crippen LogP contribution is -2.30. The molecule has 4 rings (SSSR count). The number of nitrogens with zero attached hydrogens (tertiary/aromatic N) is 1. The van der Waals surface area contributed by atoms with Crippen molar-refractivity contribution < 1.29 is 26.4 Å². The maximum absolute atomic E-state index is 13.1. The Balaban J connectivity index is 1.69. The van der Waals surface area contributed by atoms with E-state index in [1.165, 1.54) is 12.1 Å². The monoisotopic (exact) mass is 566 g/mol. The first-order valence-electron chi connectivity index (χ1n) is 9.01. The molecule has 160 valence electrons. The zero-order valence-electron chi connectivity index (χ0n) is 15.3. The fourth-order valence-electron chi connectivity index (χ4n) is 3.39. The molecule has 0 unspecified atom stereocenters. The highest BCUT2D eigenvalue weighted by atomic mass is 79.9. The zero-order valence-corrected chi connectivity index (χ0v) is 19.3. The van der Waals surface area contributed by atoms with Gasteiger partial charge in [-0.3, -0.25) is 9.52 Å². The van der Waals surface area contributed by atoms with Crippen LogP contribution in [0.3, 0.4) is 0 Å². The fraction of sp³-hybridized carbons (Fsp3) is 0.316. The second-order valence-corrected chi connectivity index (χ2v) is 10.6. The third-order valence-electron chi connectivity index (χ3n) is 5.03. The number of halogens is 5. The van der Waals surface area contributed by atoms with Gasteiger partial charge in [0, 0.05) is 32.8 Å². The van der Waals surface area contributed by atoms with E-state index in [9.17, 15) is 26.4 Å². The molecule has 2 aromatic carbocycles. The van der Waals surface area contributed by atoms with E-state index in [4.69, 9.17) is 0 Å². The molecular formula is C19H15Br2F3N2O3S. The highest BCUT2D eigenvalue weighted by Gasteiger charge is 2.38. The molecule has 2 aromatic rings. The van der Waals surface area contributed by atoms with Crippen molar-refractivity contribution in [1.82, 2.24) is 0 Å². The average Bonchev–Trinajstić information content (AvgIpc) is 3.41. The van der Waals surface area contributed by atoms with Gasteiger partial charge in [-0.2, -0.15) is 13.2 Å². The van der Waals surface area contributed by atoms with E-state index < -0.39 is 21.8 Å². The number of sulfonamides is 1. The lowest BCUT2D eigenvalue weighted by molar-refractivity contribution is -0.138. The Morgan fingerprint density at radius 2 is 1.80 bits per heavy atom. The number of amides is 1. The summed E-state index contributed by atoms with van der Waals surface area (Å²) in [6.07, 6.45) is -2.36. The van der Waals surface area contributed by atoms with Crippen molar-refractivity contribution in [3.05, 3.63) is 50.4 Å². The summed E-state index contributed by atoms with van der Waals surface area (Å²) in [6.45, 7) is 0.482. The smallest absolute Gasteiger partial charge is 0.312 e. The standard InChI is InChI=1S/C19H15Br2F3N2O3S/c20-14-4-3-12(8-13(14)19(22,23)24)25-30(28,29)17-9-16-11(7-15(17)21)5-6-26(16)18(27)10-1-2-10/h3-4,7-10,25H,1-2,5-6H2. The molecule has 1 aliphatic carbocycles.